The molecule has 1 saturated carbocycles. The van der Waals surface area contributed by atoms with E-state index in [4.69, 9.17) is 16.2 Å². The molecule has 0 aliphatic heterocycles. The lowest BCUT2D eigenvalue weighted by Crippen LogP contribution is -2.40. The monoisotopic (exact) mass is 291 g/mol. The van der Waals surface area contributed by atoms with Crippen LogP contribution < -0.4 is 21.5 Å². The molecule has 114 valence electrons. The zero-order valence-electron chi connectivity index (χ0n) is 12.1. The number of rotatable bonds is 6. The van der Waals surface area contributed by atoms with Crippen molar-refractivity contribution in [2.24, 2.45) is 16.9 Å². The molecule has 6 heteroatoms. The summed E-state index contributed by atoms with van der Waals surface area (Å²) in [6, 6.07) is 4.69. The Morgan fingerprint density at radius 1 is 1.38 bits per heavy atom. The van der Waals surface area contributed by atoms with Gasteiger partial charge in [-0.05, 0) is 43.0 Å². The van der Waals surface area contributed by atoms with Gasteiger partial charge in [-0.2, -0.15) is 0 Å². The van der Waals surface area contributed by atoms with Crippen molar-refractivity contribution in [1.29, 1.82) is 0 Å². The first-order valence-electron chi connectivity index (χ1n) is 6.97. The SMILES string of the molecule is COc1ccc(C(N)=O)cc1NC(=O)CC1(CN)CCC1. The van der Waals surface area contributed by atoms with Gasteiger partial charge in [0.15, 0.2) is 0 Å². The van der Waals surface area contributed by atoms with Crippen LogP contribution >= 0.6 is 0 Å². The number of nitrogens with two attached hydrogens (primary N) is 2. The molecule has 0 heterocycles. The number of carbonyl (C=O) groups is 2. The van der Waals surface area contributed by atoms with Crippen molar-refractivity contribution in [2.45, 2.75) is 25.7 Å². The number of carbonyl (C=O) groups excluding carboxylic acids is 2. The summed E-state index contributed by atoms with van der Waals surface area (Å²) in [5.74, 6) is -0.186. The summed E-state index contributed by atoms with van der Waals surface area (Å²) in [4.78, 5) is 23.4. The first-order valence-corrected chi connectivity index (χ1v) is 6.97. The van der Waals surface area contributed by atoms with Crippen molar-refractivity contribution in [3.05, 3.63) is 23.8 Å². The minimum absolute atomic E-state index is 0.0708. The first kappa shape index (κ1) is 15.3. The van der Waals surface area contributed by atoms with Crippen molar-refractivity contribution in [1.82, 2.24) is 0 Å². The molecule has 0 aromatic heterocycles. The molecular weight excluding hydrogens is 270 g/mol. The highest BCUT2D eigenvalue weighted by atomic mass is 16.5. The molecule has 1 aromatic rings. The van der Waals surface area contributed by atoms with E-state index in [1.54, 1.807) is 12.1 Å². The Kier molecular flexibility index (Phi) is 4.47. The zero-order chi connectivity index (χ0) is 15.5. The summed E-state index contributed by atoms with van der Waals surface area (Å²) in [6.07, 6.45) is 3.46. The zero-order valence-corrected chi connectivity index (χ0v) is 12.1. The predicted molar refractivity (Wildman–Crippen MR) is 80.1 cm³/mol. The Bertz CT molecular complexity index is 548. The molecule has 1 aromatic carbocycles. The van der Waals surface area contributed by atoms with E-state index in [1.807, 2.05) is 0 Å². The molecule has 0 unspecified atom stereocenters. The Morgan fingerprint density at radius 3 is 2.57 bits per heavy atom. The summed E-state index contributed by atoms with van der Waals surface area (Å²) in [5.41, 5.74) is 11.7. The Labute approximate surface area is 123 Å². The highest BCUT2D eigenvalue weighted by Crippen LogP contribution is 2.43. The number of primary amides is 1. The van der Waals surface area contributed by atoms with Crippen molar-refractivity contribution in [3.63, 3.8) is 0 Å². The van der Waals surface area contributed by atoms with Crippen LogP contribution in [-0.4, -0.2) is 25.5 Å². The van der Waals surface area contributed by atoms with Crippen LogP contribution in [0.5, 0.6) is 5.75 Å². The highest BCUT2D eigenvalue weighted by molar-refractivity contribution is 5.97. The maximum atomic E-state index is 12.2. The fourth-order valence-electron chi connectivity index (χ4n) is 2.62. The maximum Gasteiger partial charge on any atom is 0.248 e. The van der Waals surface area contributed by atoms with Crippen LogP contribution in [-0.2, 0) is 4.79 Å². The number of ether oxygens (including phenoxy) is 1. The molecule has 6 nitrogen and oxygen atoms in total. The van der Waals surface area contributed by atoms with E-state index in [0.717, 1.165) is 19.3 Å². The van der Waals surface area contributed by atoms with E-state index in [0.29, 0.717) is 30.0 Å². The molecule has 1 aliphatic rings. The molecule has 0 radical (unpaired) electrons. The normalized spacial score (nSPS) is 15.9. The second-order valence-electron chi connectivity index (χ2n) is 5.56. The smallest absolute Gasteiger partial charge is 0.248 e. The van der Waals surface area contributed by atoms with Gasteiger partial charge in [0, 0.05) is 12.0 Å². The number of nitrogens with one attached hydrogen (secondary N) is 1. The largest absolute Gasteiger partial charge is 0.495 e. The van der Waals surface area contributed by atoms with E-state index in [9.17, 15) is 9.59 Å². The van der Waals surface area contributed by atoms with Gasteiger partial charge < -0.3 is 21.5 Å². The second-order valence-corrected chi connectivity index (χ2v) is 5.56. The fourth-order valence-corrected chi connectivity index (χ4v) is 2.62. The van der Waals surface area contributed by atoms with E-state index in [-0.39, 0.29) is 11.3 Å². The van der Waals surface area contributed by atoms with Crippen LogP contribution in [0, 0.1) is 5.41 Å². The summed E-state index contributed by atoms with van der Waals surface area (Å²) in [7, 11) is 1.50. The predicted octanol–water partition coefficient (Wildman–Crippen LogP) is 1.25. The van der Waals surface area contributed by atoms with Crippen LogP contribution in [0.4, 0.5) is 5.69 Å². The Balaban J connectivity index is 2.12. The third kappa shape index (κ3) is 3.33. The van der Waals surface area contributed by atoms with Crippen LogP contribution in [0.1, 0.15) is 36.0 Å². The van der Waals surface area contributed by atoms with Crippen molar-refractivity contribution in [3.8, 4) is 5.75 Å². The Hall–Kier alpha value is -2.08. The minimum atomic E-state index is -0.550. The number of hydrogen-bond acceptors (Lipinski definition) is 4. The van der Waals surface area contributed by atoms with Crippen LogP contribution in [0.25, 0.3) is 0 Å². The molecule has 2 amide bonds. The average Bonchev–Trinajstić information content (AvgIpc) is 2.42. The van der Waals surface area contributed by atoms with Gasteiger partial charge in [0.2, 0.25) is 11.8 Å². The van der Waals surface area contributed by atoms with Crippen LogP contribution in [0.15, 0.2) is 18.2 Å². The third-order valence-corrected chi connectivity index (χ3v) is 4.14. The number of amides is 2. The standard InChI is InChI=1S/C15H21N3O3/c1-21-12-4-3-10(14(17)20)7-11(12)18-13(19)8-15(9-16)5-2-6-15/h3-4,7H,2,5-6,8-9,16H2,1H3,(H2,17,20)(H,18,19). The first-order chi connectivity index (χ1) is 9.99. The van der Waals surface area contributed by atoms with Gasteiger partial charge in [-0.15, -0.1) is 0 Å². The molecule has 0 bridgehead atoms. The molecule has 5 N–H and O–H groups in total. The molecule has 0 saturated heterocycles. The van der Waals surface area contributed by atoms with Crippen LogP contribution in [0.2, 0.25) is 0 Å². The summed E-state index contributed by atoms with van der Waals surface area (Å²) in [6.45, 7) is 0.513. The molecule has 1 fully saturated rings. The number of benzene rings is 1. The van der Waals surface area contributed by atoms with Gasteiger partial charge in [0.25, 0.3) is 0 Å². The Morgan fingerprint density at radius 2 is 2.10 bits per heavy atom. The van der Waals surface area contributed by atoms with Crippen LogP contribution in [0.3, 0.4) is 0 Å². The lowest BCUT2D eigenvalue weighted by molar-refractivity contribution is -0.119. The van der Waals surface area contributed by atoms with Crippen molar-refractivity contribution < 1.29 is 14.3 Å². The van der Waals surface area contributed by atoms with E-state index < -0.39 is 5.91 Å². The van der Waals surface area contributed by atoms with Crippen molar-refractivity contribution >= 4 is 17.5 Å². The van der Waals surface area contributed by atoms with Crippen molar-refractivity contribution in [2.75, 3.05) is 19.0 Å². The number of hydrogen-bond donors (Lipinski definition) is 3. The van der Waals surface area contributed by atoms with Gasteiger partial charge in [-0.1, -0.05) is 6.42 Å². The summed E-state index contributed by atoms with van der Waals surface area (Å²) < 4.78 is 5.19. The molecule has 0 atom stereocenters. The average molecular weight is 291 g/mol. The van der Waals surface area contributed by atoms with Gasteiger partial charge in [0.05, 0.1) is 12.8 Å². The quantitative estimate of drug-likeness (QED) is 0.733. The lowest BCUT2D eigenvalue weighted by atomic mass is 9.66. The summed E-state index contributed by atoms with van der Waals surface area (Å²) >= 11 is 0. The topological polar surface area (TPSA) is 107 Å². The highest BCUT2D eigenvalue weighted by Gasteiger charge is 2.37. The van der Waals surface area contributed by atoms with Gasteiger partial charge in [-0.25, -0.2) is 0 Å². The minimum Gasteiger partial charge on any atom is -0.495 e. The third-order valence-electron chi connectivity index (χ3n) is 4.14. The van der Waals surface area contributed by atoms with Gasteiger partial charge in [-0.3, -0.25) is 9.59 Å². The number of methoxy groups -OCH3 is 1. The maximum absolute atomic E-state index is 12.2. The molecule has 2 rings (SSSR count). The van der Waals surface area contributed by atoms with E-state index in [2.05, 4.69) is 5.32 Å². The fraction of sp³-hybridized carbons (Fsp3) is 0.467. The van der Waals surface area contributed by atoms with Gasteiger partial charge in [0.1, 0.15) is 5.75 Å². The second kappa shape index (κ2) is 6.13. The summed E-state index contributed by atoms with van der Waals surface area (Å²) in [5, 5.41) is 2.79. The lowest BCUT2D eigenvalue weighted by Gasteiger charge is -2.40. The molecule has 0 spiro atoms. The van der Waals surface area contributed by atoms with Gasteiger partial charge >= 0.3 is 0 Å². The molecule has 1 aliphatic carbocycles. The molecule has 21 heavy (non-hydrogen) atoms. The molecular formula is C15H21N3O3. The van der Waals surface area contributed by atoms with E-state index in [1.165, 1.54) is 13.2 Å². The van der Waals surface area contributed by atoms with E-state index >= 15 is 0 Å². The number of anilines is 1.